The molecule has 3 aromatic heterocycles. The Bertz CT molecular complexity index is 923. The monoisotopic (exact) mass is 354 g/mol. The van der Waals surface area contributed by atoms with Crippen molar-refractivity contribution in [1.29, 1.82) is 0 Å². The molecule has 0 unspecified atom stereocenters. The second kappa shape index (κ2) is 7.29. The number of nitrogens with one attached hydrogen (secondary N) is 1. The van der Waals surface area contributed by atoms with Crippen LogP contribution in [0.1, 0.15) is 33.1 Å². The number of aryl methyl sites for hydroxylation is 3. The highest BCUT2D eigenvalue weighted by molar-refractivity contribution is 5.94. The molecule has 138 valence electrons. The molecule has 3 aromatic rings. The van der Waals surface area contributed by atoms with Crippen LogP contribution in [0.2, 0.25) is 0 Å². The number of nitrogens with zero attached hydrogens (tertiary/aromatic N) is 5. The molecule has 3 rings (SSSR count). The van der Waals surface area contributed by atoms with Crippen LogP contribution in [0.25, 0.3) is 5.65 Å². The third-order valence-electron chi connectivity index (χ3n) is 4.54. The molecule has 0 saturated carbocycles. The van der Waals surface area contributed by atoms with Crippen molar-refractivity contribution in [2.45, 2.75) is 27.3 Å². The molecular weight excluding hydrogens is 328 g/mol. The highest BCUT2D eigenvalue weighted by Gasteiger charge is 2.24. The zero-order chi connectivity index (χ0) is 18.8. The van der Waals surface area contributed by atoms with Crippen molar-refractivity contribution in [1.82, 2.24) is 29.2 Å². The van der Waals surface area contributed by atoms with E-state index in [1.807, 2.05) is 62.5 Å². The van der Waals surface area contributed by atoms with E-state index in [2.05, 4.69) is 19.9 Å². The topological polar surface area (TPSA) is 69.5 Å². The molecule has 0 fully saturated rings. The number of carbonyl (C=O) groups is 1. The number of H-pyrrole nitrogens is 1. The summed E-state index contributed by atoms with van der Waals surface area (Å²) < 4.78 is 1.88. The minimum atomic E-state index is -0.0249. The SMILES string of the molecule is Cc1ccn2c(C(=O)N(CCN(C)C)Cc3nc[nH]c3C)c(C)nc2c1. The summed E-state index contributed by atoms with van der Waals surface area (Å²) in [4.78, 5) is 29.3. The smallest absolute Gasteiger partial charge is 0.273 e. The number of imidazole rings is 2. The molecule has 3 heterocycles. The van der Waals surface area contributed by atoms with E-state index in [1.54, 1.807) is 6.33 Å². The fourth-order valence-corrected chi connectivity index (χ4v) is 2.97. The molecule has 0 aromatic carbocycles. The Morgan fingerprint density at radius 2 is 2.00 bits per heavy atom. The summed E-state index contributed by atoms with van der Waals surface area (Å²) in [5.41, 5.74) is 5.16. The number of hydrogen-bond acceptors (Lipinski definition) is 4. The van der Waals surface area contributed by atoms with Gasteiger partial charge in [-0.05, 0) is 52.6 Å². The lowest BCUT2D eigenvalue weighted by Crippen LogP contribution is -2.37. The van der Waals surface area contributed by atoms with Gasteiger partial charge in [-0.2, -0.15) is 0 Å². The van der Waals surface area contributed by atoms with Gasteiger partial charge in [-0.3, -0.25) is 9.20 Å². The first kappa shape index (κ1) is 18.1. The van der Waals surface area contributed by atoms with Crippen molar-refractivity contribution in [3.05, 3.63) is 53.0 Å². The third-order valence-corrected chi connectivity index (χ3v) is 4.54. The van der Waals surface area contributed by atoms with Crippen molar-refractivity contribution >= 4 is 11.6 Å². The summed E-state index contributed by atoms with van der Waals surface area (Å²) >= 11 is 0. The number of fused-ring (bicyclic) bond motifs is 1. The lowest BCUT2D eigenvalue weighted by atomic mass is 10.2. The molecule has 0 aliphatic heterocycles. The van der Waals surface area contributed by atoms with Crippen LogP contribution in [0, 0.1) is 20.8 Å². The van der Waals surface area contributed by atoms with Gasteiger partial charge in [0.2, 0.25) is 0 Å². The van der Waals surface area contributed by atoms with E-state index in [4.69, 9.17) is 0 Å². The molecule has 0 atom stereocenters. The van der Waals surface area contributed by atoms with Crippen molar-refractivity contribution < 1.29 is 4.79 Å². The van der Waals surface area contributed by atoms with Gasteiger partial charge in [-0.1, -0.05) is 0 Å². The number of likely N-dealkylation sites (N-methyl/N-ethyl adjacent to an activating group) is 1. The van der Waals surface area contributed by atoms with E-state index in [9.17, 15) is 4.79 Å². The maximum absolute atomic E-state index is 13.4. The summed E-state index contributed by atoms with van der Waals surface area (Å²) in [5, 5.41) is 0. The Hall–Kier alpha value is -2.67. The highest BCUT2D eigenvalue weighted by Crippen LogP contribution is 2.17. The minimum absolute atomic E-state index is 0.0249. The van der Waals surface area contributed by atoms with Crippen molar-refractivity contribution in [3.8, 4) is 0 Å². The number of aromatic nitrogens is 4. The lowest BCUT2D eigenvalue weighted by Gasteiger charge is -2.24. The maximum Gasteiger partial charge on any atom is 0.273 e. The van der Waals surface area contributed by atoms with Crippen LogP contribution in [-0.2, 0) is 6.54 Å². The summed E-state index contributed by atoms with van der Waals surface area (Å²) in [6.07, 6.45) is 3.59. The summed E-state index contributed by atoms with van der Waals surface area (Å²) in [7, 11) is 4.01. The Morgan fingerprint density at radius 3 is 2.65 bits per heavy atom. The van der Waals surface area contributed by atoms with Crippen LogP contribution in [0.3, 0.4) is 0 Å². The zero-order valence-corrected chi connectivity index (χ0v) is 16.1. The van der Waals surface area contributed by atoms with Gasteiger partial charge >= 0.3 is 0 Å². The number of carbonyl (C=O) groups excluding carboxylic acids is 1. The molecule has 0 saturated heterocycles. The summed E-state index contributed by atoms with van der Waals surface area (Å²) in [6.45, 7) is 7.76. The van der Waals surface area contributed by atoms with E-state index in [0.29, 0.717) is 18.8 Å². The van der Waals surface area contributed by atoms with E-state index in [0.717, 1.165) is 34.8 Å². The average Bonchev–Trinajstić information content (AvgIpc) is 3.12. The molecule has 7 heteroatoms. The van der Waals surface area contributed by atoms with Crippen molar-refractivity contribution in [2.24, 2.45) is 0 Å². The van der Waals surface area contributed by atoms with Crippen LogP contribution >= 0.6 is 0 Å². The molecule has 0 radical (unpaired) electrons. The summed E-state index contributed by atoms with van der Waals surface area (Å²) in [6, 6.07) is 3.98. The van der Waals surface area contributed by atoms with Gasteiger partial charge in [0.05, 0.1) is 24.3 Å². The quantitative estimate of drug-likeness (QED) is 0.737. The summed E-state index contributed by atoms with van der Waals surface area (Å²) in [5.74, 6) is -0.0249. The van der Waals surface area contributed by atoms with Gasteiger partial charge in [-0.15, -0.1) is 0 Å². The predicted octanol–water partition coefficient (Wildman–Crippen LogP) is 2.19. The molecule has 0 bridgehead atoms. The number of pyridine rings is 1. The zero-order valence-electron chi connectivity index (χ0n) is 16.1. The molecule has 7 nitrogen and oxygen atoms in total. The Morgan fingerprint density at radius 1 is 1.23 bits per heavy atom. The van der Waals surface area contributed by atoms with Gasteiger partial charge in [0.25, 0.3) is 5.91 Å². The first-order valence-corrected chi connectivity index (χ1v) is 8.75. The fraction of sp³-hybridized carbons (Fsp3) is 0.421. The fourth-order valence-electron chi connectivity index (χ4n) is 2.97. The number of rotatable bonds is 6. The standard InChI is InChI=1S/C19H26N6O/c1-13-6-7-25-17(10-13)22-15(3)18(25)19(26)24(9-8-23(4)5)11-16-14(2)20-12-21-16/h6-7,10,12H,8-9,11H2,1-5H3,(H,20,21). The van der Waals surface area contributed by atoms with Gasteiger partial charge in [0.15, 0.2) is 0 Å². The van der Waals surface area contributed by atoms with Crippen molar-refractivity contribution in [3.63, 3.8) is 0 Å². The molecule has 1 amide bonds. The van der Waals surface area contributed by atoms with Gasteiger partial charge in [0.1, 0.15) is 11.3 Å². The molecule has 26 heavy (non-hydrogen) atoms. The number of aromatic amines is 1. The number of amides is 1. The maximum atomic E-state index is 13.4. The van der Waals surface area contributed by atoms with Crippen molar-refractivity contribution in [2.75, 3.05) is 27.2 Å². The second-order valence-corrected chi connectivity index (χ2v) is 6.98. The molecule has 0 aliphatic rings. The van der Waals surface area contributed by atoms with E-state index >= 15 is 0 Å². The third kappa shape index (κ3) is 3.62. The predicted molar refractivity (Wildman–Crippen MR) is 101 cm³/mol. The largest absolute Gasteiger partial charge is 0.348 e. The minimum Gasteiger partial charge on any atom is -0.348 e. The number of hydrogen-bond donors (Lipinski definition) is 1. The average molecular weight is 354 g/mol. The highest BCUT2D eigenvalue weighted by atomic mass is 16.2. The van der Waals surface area contributed by atoms with Gasteiger partial charge in [0, 0.05) is 25.0 Å². The normalized spacial score (nSPS) is 11.5. The second-order valence-electron chi connectivity index (χ2n) is 6.98. The van der Waals surface area contributed by atoms with Crippen LogP contribution in [-0.4, -0.2) is 62.2 Å². The lowest BCUT2D eigenvalue weighted by molar-refractivity contribution is 0.0722. The van der Waals surface area contributed by atoms with Gasteiger partial charge in [-0.25, -0.2) is 9.97 Å². The van der Waals surface area contributed by atoms with Crippen LogP contribution < -0.4 is 0 Å². The molecule has 0 spiro atoms. The van der Waals surface area contributed by atoms with Crippen LogP contribution in [0.4, 0.5) is 0 Å². The Labute approximate surface area is 153 Å². The van der Waals surface area contributed by atoms with E-state index < -0.39 is 0 Å². The van der Waals surface area contributed by atoms with E-state index in [1.165, 1.54) is 0 Å². The Balaban J connectivity index is 1.96. The first-order valence-electron chi connectivity index (χ1n) is 8.75. The Kier molecular flexibility index (Phi) is 5.08. The van der Waals surface area contributed by atoms with E-state index in [-0.39, 0.29) is 5.91 Å². The first-order chi connectivity index (χ1) is 12.4. The molecule has 0 aliphatic carbocycles. The van der Waals surface area contributed by atoms with Gasteiger partial charge < -0.3 is 14.8 Å². The molecule has 1 N–H and O–H groups in total. The molecular formula is C19H26N6O. The van der Waals surface area contributed by atoms with Crippen LogP contribution in [0.15, 0.2) is 24.7 Å². The van der Waals surface area contributed by atoms with Crippen LogP contribution in [0.5, 0.6) is 0 Å².